The summed E-state index contributed by atoms with van der Waals surface area (Å²) < 4.78 is 5.28. The molecule has 2 aromatic carbocycles. The summed E-state index contributed by atoms with van der Waals surface area (Å²) in [5.74, 6) is 0.426. The maximum atomic E-state index is 12.1. The Labute approximate surface area is 140 Å². The van der Waals surface area contributed by atoms with Crippen LogP contribution >= 0.6 is 27.5 Å². The molecule has 110 valence electrons. The summed E-state index contributed by atoms with van der Waals surface area (Å²) in [7, 11) is 0. The van der Waals surface area contributed by atoms with Crippen molar-refractivity contribution in [3.63, 3.8) is 0 Å². The third-order valence-corrected chi connectivity index (χ3v) is 4.22. The lowest BCUT2D eigenvalue weighted by Crippen LogP contribution is -2.11. The van der Waals surface area contributed by atoms with Crippen molar-refractivity contribution in [3.05, 3.63) is 64.1 Å². The second kappa shape index (κ2) is 6.37. The van der Waals surface area contributed by atoms with Gasteiger partial charge in [-0.2, -0.15) is 9.36 Å². The van der Waals surface area contributed by atoms with Gasteiger partial charge in [-0.15, -0.1) is 0 Å². The first kappa shape index (κ1) is 14.9. The Hall–Kier alpha value is -2.05. The number of carbonyl (C=O) groups excluding carboxylic acids is 1. The van der Waals surface area contributed by atoms with Crippen molar-refractivity contribution in [2.24, 2.45) is 0 Å². The fourth-order valence-corrected chi connectivity index (χ4v) is 2.71. The molecule has 0 fully saturated rings. The average molecular weight is 374 g/mol. The lowest BCUT2D eigenvalue weighted by molar-refractivity contribution is 0.102. The molecule has 0 saturated heterocycles. The Bertz CT molecular complexity index is 797. The number of hydrogen-bond acceptors (Lipinski definition) is 4. The molecule has 1 amide bonds. The van der Waals surface area contributed by atoms with E-state index >= 15 is 0 Å². The second-order valence-corrected chi connectivity index (χ2v) is 6.42. The van der Waals surface area contributed by atoms with Gasteiger partial charge in [-0.3, -0.25) is 10.1 Å². The monoisotopic (exact) mass is 373 g/mol. The van der Waals surface area contributed by atoms with Crippen molar-refractivity contribution in [1.29, 1.82) is 0 Å². The molecule has 6 heteroatoms. The fraction of sp³-hybridized carbons (Fsp3) is 0.0625. The summed E-state index contributed by atoms with van der Waals surface area (Å²) in [6.07, 6.45) is 0. The van der Waals surface area contributed by atoms with E-state index in [-0.39, 0.29) is 5.91 Å². The number of halogens is 1. The number of nitrogens with one attached hydrogen (secondary N) is 1. The van der Waals surface area contributed by atoms with E-state index in [1.54, 1.807) is 12.1 Å². The average Bonchev–Trinajstić information content (AvgIpc) is 2.97. The standard InChI is InChI=1S/C16H12BrN3OS/c1-10-2-4-12(5-3-10)15(21)19-16-18-14(20-22-16)11-6-8-13(17)9-7-11/h2-9H,1H3,(H,18,19,20,21). The van der Waals surface area contributed by atoms with Crippen LogP contribution in [0.4, 0.5) is 5.13 Å². The lowest BCUT2D eigenvalue weighted by atomic mass is 10.1. The number of benzene rings is 2. The van der Waals surface area contributed by atoms with Crippen LogP contribution in [0, 0.1) is 6.92 Å². The third kappa shape index (κ3) is 3.40. The third-order valence-electron chi connectivity index (χ3n) is 3.06. The summed E-state index contributed by atoms with van der Waals surface area (Å²) in [5, 5.41) is 3.27. The Morgan fingerprint density at radius 3 is 2.45 bits per heavy atom. The highest BCUT2D eigenvalue weighted by Crippen LogP contribution is 2.23. The predicted octanol–water partition coefficient (Wildman–Crippen LogP) is 4.53. The first-order chi connectivity index (χ1) is 10.6. The number of nitrogens with zero attached hydrogens (tertiary/aromatic N) is 2. The fourth-order valence-electron chi connectivity index (χ4n) is 1.86. The van der Waals surface area contributed by atoms with Crippen LogP contribution in [0.1, 0.15) is 15.9 Å². The molecule has 1 aromatic heterocycles. The molecule has 1 N–H and O–H groups in total. The van der Waals surface area contributed by atoms with Gasteiger partial charge in [0.05, 0.1) is 0 Å². The number of hydrogen-bond donors (Lipinski definition) is 1. The van der Waals surface area contributed by atoms with Gasteiger partial charge in [0.25, 0.3) is 5.91 Å². The van der Waals surface area contributed by atoms with E-state index in [1.165, 1.54) is 11.5 Å². The number of aryl methyl sites for hydroxylation is 1. The van der Waals surface area contributed by atoms with Crippen LogP contribution in [0.5, 0.6) is 0 Å². The minimum atomic E-state index is -0.182. The summed E-state index contributed by atoms with van der Waals surface area (Å²) in [6.45, 7) is 1.98. The lowest BCUT2D eigenvalue weighted by Gasteiger charge is -2.01. The smallest absolute Gasteiger partial charge is 0.257 e. The number of rotatable bonds is 3. The minimum absolute atomic E-state index is 0.182. The highest BCUT2D eigenvalue weighted by Gasteiger charge is 2.11. The molecule has 0 spiro atoms. The number of amides is 1. The number of carbonyl (C=O) groups is 1. The van der Waals surface area contributed by atoms with E-state index in [2.05, 4.69) is 30.6 Å². The molecular formula is C16H12BrN3OS. The van der Waals surface area contributed by atoms with Crippen molar-refractivity contribution in [2.45, 2.75) is 6.92 Å². The number of aromatic nitrogens is 2. The van der Waals surface area contributed by atoms with Gasteiger partial charge >= 0.3 is 0 Å². The maximum Gasteiger partial charge on any atom is 0.257 e. The molecule has 0 aliphatic heterocycles. The molecule has 0 aliphatic rings. The predicted molar refractivity (Wildman–Crippen MR) is 92.2 cm³/mol. The molecule has 0 unspecified atom stereocenters. The molecule has 0 radical (unpaired) electrons. The molecular weight excluding hydrogens is 362 g/mol. The van der Waals surface area contributed by atoms with Gasteiger partial charge in [-0.05, 0) is 31.2 Å². The van der Waals surface area contributed by atoms with Gasteiger partial charge in [0.15, 0.2) is 5.82 Å². The summed E-state index contributed by atoms with van der Waals surface area (Å²) in [5.41, 5.74) is 2.63. The zero-order chi connectivity index (χ0) is 15.5. The van der Waals surface area contributed by atoms with Gasteiger partial charge in [0, 0.05) is 27.1 Å². The van der Waals surface area contributed by atoms with E-state index < -0.39 is 0 Å². The van der Waals surface area contributed by atoms with Gasteiger partial charge in [-0.25, -0.2) is 0 Å². The van der Waals surface area contributed by atoms with Crippen LogP contribution in [0.2, 0.25) is 0 Å². The largest absolute Gasteiger partial charge is 0.297 e. The highest BCUT2D eigenvalue weighted by atomic mass is 79.9. The topological polar surface area (TPSA) is 54.9 Å². The van der Waals surface area contributed by atoms with Crippen LogP contribution in [0.3, 0.4) is 0 Å². The zero-order valence-electron chi connectivity index (χ0n) is 11.7. The highest BCUT2D eigenvalue weighted by molar-refractivity contribution is 9.10. The SMILES string of the molecule is Cc1ccc(C(=O)Nc2nc(-c3ccc(Br)cc3)ns2)cc1. The van der Waals surface area contributed by atoms with Crippen molar-refractivity contribution >= 4 is 38.5 Å². The maximum absolute atomic E-state index is 12.1. The quantitative estimate of drug-likeness (QED) is 0.733. The Balaban J connectivity index is 1.75. The second-order valence-electron chi connectivity index (χ2n) is 4.75. The van der Waals surface area contributed by atoms with Gasteiger partial charge in [0.1, 0.15) is 0 Å². The van der Waals surface area contributed by atoms with E-state index in [1.807, 2.05) is 43.3 Å². The van der Waals surface area contributed by atoms with Crippen molar-refractivity contribution < 1.29 is 4.79 Å². The molecule has 3 rings (SSSR count). The van der Waals surface area contributed by atoms with Crippen LogP contribution in [-0.2, 0) is 0 Å². The normalized spacial score (nSPS) is 10.5. The van der Waals surface area contributed by atoms with Crippen LogP contribution in [0.15, 0.2) is 53.0 Å². The number of anilines is 1. The first-order valence-electron chi connectivity index (χ1n) is 6.59. The molecule has 4 nitrogen and oxygen atoms in total. The molecule has 3 aromatic rings. The van der Waals surface area contributed by atoms with Crippen LogP contribution < -0.4 is 5.32 Å². The molecule has 0 bridgehead atoms. The molecule has 0 aliphatic carbocycles. The Kier molecular flexibility index (Phi) is 4.31. The van der Waals surface area contributed by atoms with Crippen LogP contribution in [-0.4, -0.2) is 15.3 Å². The Morgan fingerprint density at radius 2 is 1.77 bits per heavy atom. The molecule has 22 heavy (non-hydrogen) atoms. The van der Waals surface area contributed by atoms with Gasteiger partial charge in [0.2, 0.25) is 5.13 Å². The van der Waals surface area contributed by atoms with E-state index in [9.17, 15) is 4.79 Å². The summed E-state index contributed by atoms with van der Waals surface area (Å²) >= 11 is 4.56. The van der Waals surface area contributed by atoms with Crippen molar-refractivity contribution in [2.75, 3.05) is 5.32 Å². The van der Waals surface area contributed by atoms with Crippen molar-refractivity contribution in [1.82, 2.24) is 9.36 Å². The van der Waals surface area contributed by atoms with Crippen molar-refractivity contribution in [3.8, 4) is 11.4 Å². The molecule has 0 atom stereocenters. The minimum Gasteiger partial charge on any atom is -0.297 e. The first-order valence-corrected chi connectivity index (χ1v) is 8.16. The van der Waals surface area contributed by atoms with E-state index in [0.717, 1.165) is 15.6 Å². The molecule has 1 heterocycles. The van der Waals surface area contributed by atoms with Gasteiger partial charge in [-0.1, -0.05) is 45.8 Å². The van der Waals surface area contributed by atoms with E-state index in [0.29, 0.717) is 16.5 Å². The zero-order valence-corrected chi connectivity index (χ0v) is 14.1. The Morgan fingerprint density at radius 1 is 1.09 bits per heavy atom. The molecule has 0 saturated carbocycles. The summed E-state index contributed by atoms with van der Waals surface area (Å²) in [6, 6.07) is 15.1. The summed E-state index contributed by atoms with van der Waals surface area (Å²) in [4.78, 5) is 16.5. The van der Waals surface area contributed by atoms with E-state index in [4.69, 9.17) is 0 Å². The van der Waals surface area contributed by atoms with Crippen LogP contribution in [0.25, 0.3) is 11.4 Å². The van der Waals surface area contributed by atoms with Gasteiger partial charge < -0.3 is 0 Å².